The molecule has 5 aromatic rings. The number of fused-ring (bicyclic) bond motifs is 3. The van der Waals surface area contributed by atoms with Gasteiger partial charge in [-0.15, -0.1) is 39.7 Å². The number of halogens is 2. The summed E-state index contributed by atoms with van der Waals surface area (Å²) in [7, 11) is 10.3. The molecule has 0 N–H and O–H groups in total. The number of rotatable bonds is 3. The molecule has 0 spiro atoms. The van der Waals surface area contributed by atoms with Crippen molar-refractivity contribution in [3.8, 4) is 0 Å². The van der Waals surface area contributed by atoms with Crippen LogP contribution in [0.15, 0.2) is 103 Å². The van der Waals surface area contributed by atoms with E-state index >= 15 is 0 Å². The van der Waals surface area contributed by atoms with Crippen LogP contribution in [-0.4, -0.2) is 4.26 Å². The fraction of sp³-hybridized carbons (Fsp3) is 0.333. The third kappa shape index (κ3) is 15.6. The zero-order chi connectivity index (χ0) is 31.6. The molecule has 0 bridgehead atoms. The second kappa shape index (κ2) is 20.2. The van der Waals surface area contributed by atoms with Crippen LogP contribution in [0.2, 0.25) is 0 Å². The topological polar surface area (TPSA) is 0 Å². The second-order valence-electron chi connectivity index (χ2n) is 12.2. The minimum absolute atomic E-state index is 0.203. The van der Waals surface area contributed by atoms with Crippen LogP contribution in [-0.2, 0) is 29.4 Å². The van der Waals surface area contributed by atoms with Crippen LogP contribution in [0.3, 0.4) is 0 Å². The van der Waals surface area contributed by atoms with Gasteiger partial charge in [-0.05, 0) is 10.8 Å². The molecule has 0 unspecified atom stereocenters. The van der Waals surface area contributed by atoms with Gasteiger partial charge in [-0.3, -0.25) is 0 Å². The first-order valence-electron chi connectivity index (χ1n) is 14.8. The van der Waals surface area contributed by atoms with E-state index in [4.69, 9.17) is 17.2 Å². The van der Waals surface area contributed by atoms with E-state index in [-0.39, 0.29) is 10.8 Å². The maximum Gasteiger partial charge on any atom is -0.171 e. The minimum Gasteiger partial charge on any atom is -0.214 e. The van der Waals surface area contributed by atoms with E-state index in [1.165, 1.54) is 51.9 Å². The maximum absolute atomic E-state index is 5.14. The fourth-order valence-electron chi connectivity index (χ4n) is 4.04. The largest absolute Gasteiger partial charge is 0.214 e. The van der Waals surface area contributed by atoms with Gasteiger partial charge in [0.2, 0.25) is 0 Å². The zero-order valence-corrected chi connectivity index (χ0v) is 31.9. The van der Waals surface area contributed by atoms with Gasteiger partial charge in [0.05, 0.1) is 0 Å². The van der Waals surface area contributed by atoms with E-state index in [9.17, 15) is 0 Å². The van der Waals surface area contributed by atoms with Gasteiger partial charge >= 0.3 is 40.0 Å². The van der Waals surface area contributed by atoms with Crippen molar-refractivity contribution < 1.29 is 18.6 Å². The standard InChI is InChI=1S/C21H25.C6H5.C6H13.C5H5.CH2.2ClH.Hf/c1-20(2,3)16-7-9-18-14(12-16)11-15-13-17(21(4,5)6)8-10-19(15)18;1-2-4-6-5-3-1;1-3-5-6-4-2;1-2-4-5-3-1;;;;/h7-13H,1-6H3;1-5H;1,3-6H2,2H3;1-5H;1H2;2*1H;/q4*-1;;;;+2/p-2. The van der Waals surface area contributed by atoms with Gasteiger partial charge in [0.1, 0.15) is 0 Å². The smallest absolute Gasteiger partial charge is 0.171 e. The summed E-state index contributed by atoms with van der Waals surface area (Å²) in [6.07, 6.45) is 5.07. The summed E-state index contributed by atoms with van der Waals surface area (Å²) in [5.74, 6) is 0. The third-order valence-corrected chi connectivity index (χ3v) is 6.45. The van der Waals surface area contributed by atoms with Crippen LogP contribution >= 0.6 is 17.2 Å². The Labute approximate surface area is 272 Å². The van der Waals surface area contributed by atoms with E-state index in [0.29, 0.717) is 0 Å². The molecule has 0 radical (unpaired) electrons. The number of hydrogen-bond acceptors (Lipinski definition) is 0. The molecule has 0 aliphatic carbocycles. The van der Waals surface area contributed by atoms with E-state index in [1.807, 2.05) is 60.7 Å². The summed E-state index contributed by atoms with van der Waals surface area (Å²) in [5, 5.41) is 5.48. The van der Waals surface area contributed by atoms with Gasteiger partial charge in [0.15, 0.2) is 0 Å². The molecule has 0 saturated carbocycles. The Morgan fingerprint density at radius 1 is 0.762 bits per heavy atom. The van der Waals surface area contributed by atoms with Crippen molar-refractivity contribution in [3.63, 3.8) is 0 Å². The predicted molar refractivity (Wildman–Crippen MR) is 190 cm³/mol. The normalized spacial score (nSPS) is 10.6. The van der Waals surface area contributed by atoms with Crippen molar-refractivity contribution in [3.05, 3.63) is 127 Å². The molecule has 0 amide bonds. The van der Waals surface area contributed by atoms with E-state index in [2.05, 4.69) is 108 Å². The molecule has 0 aliphatic rings. The van der Waals surface area contributed by atoms with E-state index < -0.39 is 18.6 Å². The van der Waals surface area contributed by atoms with Crippen molar-refractivity contribution in [2.45, 2.75) is 85.0 Å². The third-order valence-electron chi connectivity index (χ3n) is 6.45. The molecule has 5 rings (SSSR count). The molecule has 0 heterocycles. The van der Waals surface area contributed by atoms with Crippen LogP contribution in [0, 0.1) is 13.0 Å². The second-order valence-corrected chi connectivity index (χ2v) is 23.7. The molecule has 0 atom stereocenters. The van der Waals surface area contributed by atoms with Gasteiger partial charge < -0.3 is 6.92 Å². The number of unbranched alkanes of at least 4 members (excludes halogenated alkanes) is 3. The van der Waals surface area contributed by atoms with Gasteiger partial charge in [0, 0.05) is 0 Å². The van der Waals surface area contributed by atoms with Crippen LogP contribution in [0.4, 0.5) is 0 Å². The molecule has 3 heteroatoms. The first-order valence-corrected chi connectivity index (χ1v) is 26.3. The Morgan fingerprint density at radius 3 is 1.45 bits per heavy atom. The van der Waals surface area contributed by atoms with Gasteiger partial charge in [-0.1, -0.05) is 103 Å². The summed E-state index contributed by atoms with van der Waals surface area (Å²) in [6.45, 7) is 19.6. The van der Waals surface area contributed by atoms with Crippen LogP contribution in [0.5, 0.6) is 0 Å². The molecule has 0 saturated heterocycles. The minimum atomic E-state index is -1.96. The Bertz CT molecular complexity index is 1260. The molecule has 0 aromatic heterocycles. The van der Waals surface area contributed by atoms with Gasteiger partial charge in [0.25, 0.3) is 0 Å². The van der Waals surface area contributed by atoms with Crippen molar-refractivity contribution in [2.75, 3.05) is 0 Å². The van der Waals surface area contributed by atoms with E-state index in [0.717, 1.165) is 6.42 Å². The van der Waals surface area contributed by atoms with Crippen molar-refractivity contribution >= 4 is 43.0 Å². The molecular formula is C39H50Cl2Hf-4. The number of hydrogen-bond donors (Lipinski definition) is 0. The number of benzene rings is 3. The summed E-state index contributed by atoms with van der Waals surface area (Å²) in [6, 6.07) is 38.7. The predicted octanol–water partition coefficient (Wildman–Crippen LogP) is 12.9. The average Bonchev–Trinajstić information content (AvgIpc) is 3.63. The van der Waals surface area contributed by atoms with Crippen molar-refractivity contribution in [2.24, 2.45) is 0 Å². The van der Waals surface area contributed by atoms with Crippen molar-refractivity contribution in [1.29, 1.82) is 0 Å². The molecule has 42 heavy (non-hydrogen) atoms. The average molecular weight is 768 g/mol. The SMILES string of the molecule is CC(C)(C)c1ccc2c(c1)[cH-]c1cc(C(C)(C)C)ccc12.[CH2-]CCCCC.[CH2]=[Hf]([Cl])[Cl].[c-]1ccccc1.c1cc[cH-]c1. The molecule has 0 fully saturated rings. The molecular weight excluding hydrogens is 718 g/mol. The molecule has 228 valence electrons. The summed E-state index contributed by atoms with van der Waals surface area (Å²) in [5.41, 5.74) is 3.21. The Hall–Kier alpha value is -1.80. The summed E-state index contributed by atoms with van der Waals surface area (Å²) >= 11 is -1.96. The molecule has 0 nitrogen and oxygen atoms in total. The van der Waals surface area contributed by atoms with E-state index in [1.54, 1.807) is 0 Å². The first-order chi connectivity index (χ1) is 19.8. The van der Waals surface area contributed by atoms with Gasteiger partial charge in [-0.2, -0.15) is 61.0 Å². The summed E-state index contributed by atoms with van der Waals surface area (Å²) < 4.78 is 3.38. The van der Waals surface area contributed by atoms with Gasteiger partial charge in [-0.25, -0.2) is 12.1 Å². The monoisotopic (exact) mass is 768 g/mol. The zero-order valence-electron chi connectivity index (χ0n) is 26.8. The molecule has 0 aliphatic heterocycles. The van der Waals surface area contributed by atoms with Crippen LogP contribution < -0.4 is 0 Å². The Morgan fingerprint density at radius 2 is 1.21 bits per heavy atom. The maximum atomic E-state index is 5.14. The molecule has 5 aromatic carbocycles. The van der Waals surface area contributed by atoms with Crippen LogP contribution in [0.1, 0.15) is 85.3 Å². The Balaban J connectivity index is 0.000000339. The van der Waals surface area contributed by atoms with Crippen LogP contribution in [0.25, 0.3) is 21.5 Å². The fourth-order valence-corrected chi connectivity index (χ4v) is 4.04. The Kier molecular flexibility index (Phi) is 18.4. The summed E-state index contributed by atoms with van der Waals surface area (Å²) in [4.78, 5) is 0. The first kappa shape index (κ1) is 38.2. The van der Waals surface area contributed by atoms with Crippen molar-refractivity contribution in [1.82, 2.24) is 0 Å². The quantitative estimate of drug-likeness (QED) is 0.0974.